The number of benzene rings is 1. The fourth-order valence-corrected chi connectivity index (χ4v) is 2.82. The molecule has 130 valence electrons. The predicted molar refractivity (Wildman–Crippen MR) is 96.7 cm³/mol. The molecule has 0 aliphatic carbocycles. The van der Waals surface area contributed by atoms with Gasteiger partial charge in [0, 0.05) is 43.5 Å². The molecule has 6 heteroatoms. The molecule has 6 nitrogen and oxygen atoms in total. The lowest BCUT2D eigenvalue weighted by Gasteiger charge is -2.15. The van der Waals surface area contributed by atoms with Crippen LogP contribution in [-0.4, -0.2) is 41.3 Å². The van der Waals surface area contributed by atoms with Crippen LogP contribution in [0.25, 0.3) is 0 Å². The summed E-state index contributed by atoms with van der Waals surface area (Å²) in [7, 11) is 0. The van der Waals surface area contributed by atoms with Gasteiger partial charge >= 0.3 is 0 Å². The van der Waals surface area contributed by atoms with E-state index in [0.29, 0.717) is 30.9 Å². The highest BCUT2D eigenvalue weighted by Crippen LogP contribution is 2.15. The van der Waals surface area contributed by atoms with Gasteiger partial charge in [0.2, 0.25) is 5.91 Å². The number of hydrogen-bond acceptors (Lipinski definition) is 4. The smallest absolute Gasteiger partial charge is 0.251 e. The van der Waals surface area contributed by atoms with Gasteiger partial charge in [-0.2, -0.15) is 0 Å². The van der Waals surface area contributed by atoms with E-state index >= 15 is 0 Å². The molecule has 0 bridgehead atoms. The molecule has 1 aliphatic heterocycles. The number of likely N-dealkylation sites (tertiary alicyclic amines) is 1. The molecular formula is C19H22N4O2. The zero-order chi connectivity index (χ0) is 17.5. The van der Waals surface area contributed by atoms with Crippen LogP contribution in [0.3, 0.4) is 0 Å². The van der Waals surface area contributed by atoms with Gasteiger partial charge in [-0.05, 0) is 37.1 Å². The van der Waals surface area contributed by atoms with Crippen molar-refractivity contribution in [1.29, 1.82) is 0 Å². The standard InChI is InChI=1S/C19H22N4O2/c24-18-8-4-12-23(18)13-5-10-21-19(25)15-9-11-20-17(14-15)22-16-6-2-1-3-7-16/h1-3,6-7,9,11,14H,4-5,8,10,12-13H2,(H,20,22)(H,21,25). The number of nitrogens with one attached hydrogen (secondary N) is 2. The van der Waals surface area contributed by atoms with E-state index in [0.717, 1.165) is 25.1 Å². The van der Waals surface area contributed by atoms with Gasteiger partial charge in [-0.15, -0.1) is 0 Å². The van der Waals surface area contributed by atoms with Crippen molar-refractivity contribution in [3.8, 4) is 0 Å². The summed E-state index contributed by atoms with van der Waals surface area (Å²) in [6.07, 6.45) is 3.97. The van der Waals surface area contributed by atoms with Gasteiger partial charge in [0.25, 0.3) is 5.91 Å². The lowest BCUT2D eigenvalue weighted by atomic mass is 10.2. The Morgan fingerprint density at radius 2 is 2.04 bits per heavy atom. The molecule has 1 fully saturated rings. The number of hydrogen-bond donors (Lipinski definition) is 2. The first-order valence-corrected chi connectivity index (χ1v) is 8.56. The summed E-state index contributed by atoms with van der Waals surface area (Å²) >= 11 is 0. The second kappa shape index (κ2) is 8.28. The lowest BCUT2D eigenvalue weighted by Crippen LogP contribution is -2.30. The van der Waals surface area contributed by atoms with E-state index < -0.39 is 0 Å². The third-order valence-electron chi connectivity index (χ3n) is 4.13. The van der Waals surface area contributed by atoms with Crippen molar-refractivity contribution in [3.05, 3.63) is 54.2 Å². The minimum atomic E-state index is -0.133. The number of anilines is 2. The maximum atomic E-state index is 12.3. The van der Waals surface area contributed by atoms with Crippen LogP contribution in [0, 0.1) is 0 Å². The minimum Gasteiger partial charge on any atom is -0.352 e. The average Bonchev–Trinajstić information content (AvgIpc) is 3.04. The largest absolute Gasteiger partial charge is 0.352 e. The second-order valence-electron chi connectivity index (χ2n) is 6.01. The SMILES string of the molecule is O=C(NCCCN1CCCC1=O)c1ccnc(Nc2ccccc2)c1. The first-order valence-electron chi connectivity index (χ1n) is 8.56. The topological polar surface area (TPSA) is 74.3 Å². The molecule has 0 atom stereocenters. The Labute approximate surface area is 147 Å². The van der Waals surface area contributed by atoms with Crippen molar-refractivity contribution in [1.82, 2.24) is 15.2 Å². The molecule has 1 aromatic heterocycles. The highest BCUT2D eigenvalue weighted by Gasteiger charge is 2.19. The van der Waals surface area contributed by atoms with Gasteiger partial charge in [0.15, 0.2) is 0 Å². The number of rotatable bonds is 7. The fourth-order valence-electron chi connectivity index (χ4n) is 2.82. The quantitative estimate of drug-likeness (QED) is 0.761. The van der Waals surface area contributed by atoms with Crippen LogP contribution in [0.15, 0.2) is 48.7 Å². The molecule has 2 heterocycles. The molecule has 2 amide bonds. The number of carbonyl (C=O) groups excluding carboxylic acids is 2. The third-order valence-corrected chi connectivity index (χ3v) is 4.13. The lowest BCUT2D eigenvalue weighted by molar-refractivity contribution is -0.127. The molecule has 0 saturated carbocycles. The van der Waals surface area contributed by atoms with E-state index in [9.17, 15) is 9.59 Å². The minimum absolute atomic E-state index is 0.133. The summed E-state index contributed by atoms with van der Waals surface area (Å²) < 4.78 is 0. The van der Waals surface area contributed by atoms with E-state index in [-0.39, 0.29) is 11.8 Å². The Morgan fingerprint density at radius 3 is 2.80 bits per heavy atom. The molecule has 25 heavy (non-hydrogen) atoms. The number of aromatic nitrogens is 1. The Hall–Kier alpha value is -2.89. The van der Waals surface area contributed by atoms with Crippen LogP contribution in [0.4, 0.5) is 11.5 Å². The van der Waals surface area contributed by atoms with Gasteiger partial charge < -0.3 is 15.5 Å². The number of para-hydroxylation sites is 1. The van der Waals surface area contributed by atoms with Crippen LogP contribution >= 0.6 is 0 Å². The van der Waals surface area contributed by atoms with Crippen LogP contribution < -0.4 is 10.6 Å². The van der Waals surface area contributed by atoms with Crippen LogP contribution in [0.1, 0.15) is 29.6 Å². The molecule has 1 aromatic carbocycles. The zero-order valence-electron chi connectivity index (χ0n) is 14.1. The number of amides is 2. The maximum Gasteiger partial charge on any atom is 0.251 e. The van der Waals surface area contributed by atoms with Gasteiger partial charge in [0.05, 0.1) is 0 Å². The van der Waals surface area contributed by atoms with Gasteiger partial charge in [-0.25, -0.2) is 4.98 Å². The van der Waals surface area contributed by atoms with Crippen molar-refractivity contribution in [2.24, 2.45) is 0 Å². The average molecular weight is 338 g/mol. The molecule has 1 aliphatic rings. The number of nitrogens with zero attached hydrogens (tertiary/aromatic N) is 2. The first kappa shape index (κ1) is 17.0. The van der Waals surface area contributed by atoms with Crippen molar-refractivity contribution in [2.75, 3.05) is 25.0 Å². The Kier molecular flexibility index (Phi) is 5.61. The maximum absolute atomic E-state index is 12.3. The Bertz CT molecular complexity index is 733. The normalized spacial score (nSPS) is 13.8. The first-order chi connectivity index (χ1) is 12.2. The highest BCUT2D eigenvalue weighted by atomic mass is 16.2. The van der Waals surface area contributed by atoms with Gasteiger partial charge in [-0.1, -0.05) is 18.2 Å². The fraction of sp³-hybridized carbons (Fsp3) is 0.316. The van der Waals surface area contributed by atoms with Crippen molar-refractivity contribution in [2.45, 2.75) is 19.3 Å². The van der Waals surface area contributed by atoms with E-state index in [4.69, 9.17) is 0 Å². The molecule has 0 unspecified atom stereocenters. The molecule has 1 saturated heterocycles. The summed E-state index contributed by atoms with van der Waals surface area (Å²) in [5.74, 6) is 0.713. The summed E-state index contributed by atoms with van der Waals surface area (Å²) in [6.45, 7) is 2.09. The van der Waals surface area contributed by atoms with Gasteiger partial charge in [-0.3, -0.25) is 9.59 Å². The molecule has 2 N–H and O–H groups in total. The van der Waals surface area contributed by atoms with Crippen molar-refractivity contribution in [3.63, 3.8) is 0 Å². The number of carbonyl (C=O) groups is 2. The Balaban J connectivity index is 1.48. The molecule has 0 radical (unpaired) electrons. The molecule has 0 spiro atoms. The summed E-state index contributed by atoms with van der Waals surface area (Å²) in [6, 6.07) is 13.1. The van der Waals surface area contributed by atoms with E-state index in [1.165, 1.54) is 0 Å². The van der Waals surface area contributed by atoms with E-state index in [2.05, 4.69) is 15.6 Å². The predicted octanol–water partition coefficient (Wildman–Crippen LogP) is 2.57. The van der Waals surface area contributed by atoms with E-state index in [1.807, 2.05) is 35.2 Å². The van der Waals surface area contributed by atoms with Crippen molar-refractivity contribution < 1.29 is 9.59 Å². The number of pyridine rings is 1. The van der Waals surface area contributed by atoms with Gasteiger partial charge in [0.1, 0.15) is 5.82 Å². The summed E-state index contributed by atoms with van der Waals surface area (Å²) in [4.78, 5) is 29.9. The van der Waals surface area contributed by atoms with Crippen LogP contribution in [0.2, 0.25) is 0 Å². The molecule has 3 rings (SSSR count). The van der Waals surface area contributed by atoms with Crippen molar-refractivity contribution >= 4 is 23.3 Å². The molecule has 2 aromatic rings. The summed E-state index contributed by atoms with van der Waals surface area (Å²) in [5, 5.41) is 6.07. The summed E-state index contributed by atoms with van der Waals surface area (Å²) in [5.41, 5.74) is 1.48. The second-order valence-corrected chi connectivity index (χ2v) is 6.01. The van der Waals surface area contributed by atoms with Crippen LogP contribution in [-0.2, 0) is 4.79 Å². The highest BCUT2D eigenvalue weighted by molar-refractivity contribution is 5.94. The Morgan fingerprint density at radius 1 is 1.20 bits per heavy atom. The van der Waals surface area contributed by atoms with Crippen LogP contribution in [0.5, 0.6) is 0 Å². The van der Waals surface area contributed by atoms with E-state index in [1.54, 1.807) is 18.3 Å². The zero-order valence-corrected chi connectivity index (χ0v) is 14.1. The monoisotopic (exact) mass is 338 g/mol. The molecular weight excluding hydrogens is 316 g/mol. The third kappa shape index (κ3) is 4.79.